The minimum absolute atomic E-state index is 0.0233. The fourth-order valence-corrected chi connectivity index (χ4v) is 5.72. The molecule has 1 saturated carbocycles. The number of aliphatic imine (C=N–C) groups is 1. The molecule has 0 atom stereocenters. The molecule has 0 unspecified atom stereocenters. The molecule has 2 aliphatic heterocycles. The Morgan fingerprint density at radius 3 is 2.53 bits per heavy atom. The van der Waals surface area contributed by atoms with Gasteiger partial charge in [-0.25, -0.2) is 0 Å². The number of carbonyl (C=O) groups excluding carboxylic acids is 3. The topological polar surface area (TPSA) is 96.7 Å². The van der Waals surface area contributed by atoms with Crippen LogP contribution in [0.5, 0.6) is 0 Å². The lowest BCUT2D eigenvalue weighted by molar-refractivity contribution is -0.114. The number of hydrogen-bond acceptors (Lipinski definition) is 5. The van der Waals surface area contributed by atoms with Crippen molar-refractivity contribution in [3.05, 3.63) is 52.3 Å². The summed E-state index contributed by atoms with van der Waals surface area (Å²) >= 11 is 0. The van der Waals surface area contributed by atoms with Gasteiger partial charge in [-0.05, 0) is 76.0 Å². The Labute approximate surface area is 211 Å². The molecule has 2 aromatic rings. The number of hydrogen-bond donors (Lipinski definition) is 1. The Morgan fingerprint density at radius 2 is 1.83 bits per heavy atom. The highest BCUT2D eigenvalue weighted by molar-refractivity contribution is 6.46. The quantitative estimate of drug-likeness (QED) is 0.719. The normalized spacial score (nSPS) is 20.7. The molecule has 2 fully saturated rings. The first-order chi connectivity index (χ1) is 17.1. The van der Waals surface area contributed by atoms with Crippen molar-refractivity contribution in [1.29, 1.82) is 0 Å². The third-order valence-electron chi connectivity index (χ3n) is 8.10. The molecule has 2 aliphatic carbocycles. The summed E-state index contributed by atoms with van der Waals surface area (Å²) in [6, 6.07) is 5.86. The van der Waals surface area contributed by atoms with Gasteiger partial charge in [0.15, 0.2) is 5.78 Å². The second kappa shape index (κ2) is 8.11. The zero-order valence-electron chi connectivity index (χ0n) is 21.3. The Morgan fingerprint density at radius 1 is 1.08 bits per heavy atom. The number of carbonyl (C=O) groups is 3. The van der Waals surface area contributed by atoms with E-state index in [2.05, 4.69) is 36.2 Å². The molecule has 4 aliphatic rings. The Balaban J connectivity index is 1.15. The van der Waals surface area contributed by atoms with Gasteiger partial charge in [-0.15, -0.1) is 0 Å². The highest BCUT2D eigenvalue weighted by Gasteiger charge is 2.43. The van der Waals surface area contributed by atoms with Crippen LogP contribution in [0.1, 0.15) is 90.4 Å². The molecule has 36 heavy (non-hydrogen) atoms. The molecule has 8 nitrogen and oxygen atoms in total. The van der Waals surface area contributed by atoms with E-state index in [1.807, 2.05) is 34.0 Å². The van der Waals surface area contributed by atoms with E-state index in [9.17, 15) is 14.4 Å². The number of fused-ring (bicyclic) bond motifs is 2. The second-order valence-electron chi connectivity index (χ2n) is 12.0. The average molecular weight is 488 g/mol. The van der Waals surface area contributed by atoms with Gasteiger partial charge >= 0.3 is 0 Å². The molecular formula is C28H33N5O3. The summed E-state index contributed by atoms with van der Waals surface area (Å²) in [6.07, 6.45) is 7.01. The largest absolute Gasteiger partial charge is 0.348 e. The van der Waals surface area contributed by atoms with E-state index in [0.717, 1.165) is 48.8 Å². The number of Topliss-reactive ketones (excluding diaryl/α,β-unsaturated/α-hetero) is 1. The van der Waals surface area contributed by atoms with Gasteiger partial charge in [0.05, 0.1) is 12.1 Å². The number of nitrogens with one attached hydrogen (secondary N) is 1. The van der Waals surface area contributed by atoms with Gasteiger partial charge in [0.1, 0.15) is 11.4 Å². The number of benzene rings is 1. The average Bonchev–Trinajstić information content (AvgIpc) is 3.36. The molecule has 1 spiro atoms. The molecule has 0 bridgehead atoms. The van der Waals surface area contributed by atoms with E-state index >= 15 is 0 Å². The third-order valence-corrected chi connectivity index (χ3v) is 8.10. The van der Waals surface area contributed by atoms with Crippen molar-refractivity contribution >= 4 is 23.3 Å². The van der Waals surface area contributed by atoms with Crippen molar-refractivity contribution in [3.8, 4) is 0 Å². The van der Waals surface area contributed by atoms with Crippen molar-refractivity contribution < 1.29 is 14.4 Å². The summed E-state index contributed by atoms with van der Waals surface area (Å²) in [4.78, 5) is 45.4. The predicted molar refractivity (Wildman–Crippen MR) is 135 cm³/mol. The van der Waals surface area contributed by atoms with Crippen molar-refractivity contribution in [3.63, 3.8) is 0 Å². The van der Waals surface area contributed by atoms with E-state index in [4.69, 9.17) is 0 Å². The summed E-state index contributed by atoms with van der Waals surface area (Å²) in [5, 5.41) is 7.60. The highest BCUT2D eigenvalue weighted by atomic mass is 16.2. The minimum atomic E-state index is -0.167. The van der Waals surface area contributed by atoms with Crippen LogP contribution >= 0.6 is 0 Å². The van der Waals surface area contributed by atoms with Crippen LogP contribution in [-0.2, 0) is 23.3 Å². The van der Waals surface area contributed by atoms with Gasteiger partial charge in [-0.3, -0.25) is 24.1 Å². The van der Waals surface area contributed by atoms with Gasteiger partial charge in [-0.2, -0.15) is 5.10 Å². The van der Waals surface area contributed by atoms with E-state index < -0.39 is 0 Å². The Bertz CT molecular complexity index is 1300. The maximum absolute atomic E-state index is 13.4. The highest BCUT2D eigenvalue weighted by Crippen LogP contribution is 2.43. The summed E-state index contributed by atoms with van der Waals surface area (Å²) < 4.78 is 1.91. The lowest BCUT2D eigenvalue weighted by atomic mass is 9.67. The molecule has 1 saturated heterocycles. The number of amides is 2. The smallest absolute Gasteiger partial charge is 0.270 e. The SMILES string of the molecule is CC(C)(C)n1cc2c(n1)C(=O)CC1(CCN(C(=O)c3ccc4c(c3)C(C(=O)NC3CC3)=NC4)CC1)C2. The molecule has 1 aromatic heterocycles. The fourth-order valence-electron chi connectivity index (χ4n) is 5.72. The van der Waals surface area contributed by atoms with E-state index in [-0.39, 0.29) is 34.6 Å². The van der Waals surface area contributed by atoms with Crippen LogP contribution in [-0.4, -0.2) is 57.1 Å². The standard InChI is InChI=1S/C28H33N5O3/c1-27(2,3)33-16-19-13-28(14-22(34)23(19)31-33)8-10-32(11-9-28)26(36)17-4-5-18-15-29-24(21(18)12-17)25(35)30-20-6-7-20/h4-5,12,16,20H,6-11,13-15H2,1-3H3,(H,30,35). The van der Waals surface area contributed by atoms with Crippen LogP contribution in [0.2, 0.25) is 0 Å². The van der Waals surface area contributed by atoms with E-state index in [1.54, 1.807) is 0 Å². The third kappa shape index (κ3) is 4.06. The summed E-state index contributed by atoms with van der Waals surface area (Å²) in [5.74, 6) is -0.0456. The second-order valence-corrected chi connectivity index (χ2v) is 12.0. The zero-order valence-corrected chi connectivity index (χ0v) is 21.3. The summed E-state index contributed by atoms with van der Waals surface area (Å²) in [5.41, 5.74) is 4.17. The van der Waals surface area contributed by atoms with Crippen LogP contribution in [0.4, 0.5) is 0 Å². The number of nitrogens with zero attached hydrogens (tertiary/aromatic N) is 4. The Kier molecular flexibility index (Phi) is 5.21. The first-order valence-corrected chi connectivity index (χ1v) is 13.0. The number of ketones is 1. The van der Waals surface area contributed by atoms with Crippen molar-refractivity contribution in [2.24, 2.45) is 10.4 Å². The molecule has 1 N–H and O–H groups in total. The molecule has 188 valence electrons. The predicted octanol–water partition coefficient (Wildman–Crippen LogP) is 3.27. The molecule has 8 heteroatoms. The zero-order chi connectivity index (χ0) is 25.2. The number of likely N-dealkylation sites (tertiary alicyclic amines) is 1. The monoisotopic (exact) mass is 487 g/mol. The van der Waals surface area contributed by atoms with E-state index in [1.165, 1.54) is 0 Å². The molecule has 0 radical (unpaired) electrons. The van der Waals surface area contributed by atoms with Crippen LogP contribution in [0.3, 0.4) is 0 Å². The van der Waals surface area contributed by atoms with Crippen LogP contribution in [0.15, 0.2) is 29.4 Å². The maximum atomic E-state index is 13.4. The van der Waals surface area contributed by atoms with Gasteiger partial charge < -0.3 is 10.2 Å². The maximum Gasteiger partial charge on any atom is 0.270 e. The van der Waals surface area contributed by atoms with Gasteiger partial charge in [-0.1, -0.05) is 6.07 Å². The van der Waals surface area contributed by atoms with Crippen LogP contribution in [0.25, 0.3) is 0 Å². The lowest BCUT2D eigenvalue weighted by Gasteiger charge is -2.43. The van der Waals surface area contributed by atoms with Crippen molar-refractivity contribution in [1.82, 2.24) is 20.0 Å². The molecule has 2 amide bonds. The number of piperidine rings is 1. The first-order valence-electron chi connectivity index (χ1n) is 13.0. The van der Waals surface area contributed by atoms with Gasteiger partial charge in [0.25, 0.3) is 11.8 Å². The summed E-state index contributed by atoms with van der Waals surface area (Å²) in [6.45, 7) is 7.98. The van der Waals surface area contributed by atoms with Gasteiger partial charge in [0.2, 0.25) is 0 Å². The molecule has 3 heterocycles. The molecular weight excluding hydrogens is 454 g/mol. The van der Waals surface area contributed by atoms with Gasteiger partial charge in [0, 0.05) is 48.4 Å². The summed E-state index contributed by atoms with van der Waals surface area (Å²) in [7, 11) is 0. The van der Waals surface area contributed by atoms with Crippen molar-refractivity contribution in [2.75, 3.05) is 13.1 Å². The fraction of sp³-hybridized carbons (Fsp3) is 0.536. The van der Waals surface area contributed by atoms with E-state index in [0.29, 0.717) is 43.0 Å². The molecule has 6 rings (SSSR count). The minimum Gasteiger partial charge on any atom is -0.348 e. The Hall–Kier alpha value is -3.29. The first kappa shape index (κ1) is 23.1. The van der Waals surface area contributed by atoms with Crippen molar-refractivity contribution in [2.45, 2.75) is 77.4 Å². The van der Waals surface area contributed by atoms with Crippen LogP contribution in [0, 0.1) is 5.41 Å². The number of rotatable bonds is 3. The van der Waals surface area contributed by atoms with Crippen LogP contribution < -0.4 is 5.32 Å². The molecule has 1 aromatic carbocycles. The number of aromatic nitrogens is 2. The lowest BCUT2D eigenvalue weighted by Crippen LogP contribution is -2.46.